The van der Waals surface area contributed by atoms with E-state index in [0.29, 0.717) is 17.2 Å². The number of rotatable bonds is 5. The molecule has 0 aromatic heterocycles. The molecule has 2 aromatic carbocycles. The first-order valence-electron chi connectivity index (χ1n) is 9.94. The van der Waals surface area contributed by atoms with Gasteiger partial charge in [-0.2, -0.15) is 0 Å². The second kappa shape index (κ2) is 9.02. The largest absolute Gasteiger partial charge is 0.339 e. The number of carbonyl (C=O) groups is 2. The Morgan fingerprint density at radius 2 is 1.82 bits per heavy atom. The smallest absolute Gasteiger partial charge is 0.253 e. The van der Waals surface area contributed by atoms with E-state index in [4.69, 9.17) is 5.73 Å². The summed E-state index contributed by atoms with van der Waals surface area (Å²) < 4.78 is 0. The highest BCUT2D eigenvalue weighted by Gasteiger charge is 2.22. The van der Waals surface area contributed by atoms with Gasteiger partial charge in [-0.05, 0) is 55.0 Å². The maximum Gasteiger partial charge on any atom is 0.253 e. The number of nitrogens with one attached hydrogen (secondary N) is 1. The van der Waals surface area contributed by atoms with Crippen molar-refractivity contribution in [3.05, 3.63) is 65.2 Å². The summed E-state index contributed by atoms with van der Waals surface area (Å²) in [6.45, 7) is 5.76. The number of benzene rings is 2. The maximum atomic E-state index is 12.7. The van der Waals surface area contributed by atoms with E-state index < -0.39 is 0 Å². The Labute approximate surface area is 166 Å². The lowest BCUT2D eigenvalue weighted by Gasteiger charge is -2.30. The average Bonchev–Trinajstić information content (AvgIpc) is 2.70. The predicted molar refractivity (Wildman–Crippen MR) is 112 cm³/mol. The van der Waals surface area contributed by atoms with Gasteiger partial charge in [-0.3, -0.25) is 9.59 Å². The summed E-state index contributed by atoms with van der Waals surface area (Å²) in [5, 5.41) is 2.92. The van der Waals surface area contributed by atoms with Crippen LogP contribution in [0.4, 0.5) is 5.69 Å². The van der Waals surface area contributed by atoms with Crippen LogP contribution in [0.3, 0.4) is 0 Å². The zero-order valence-corrected chi connectivity index (χ0v) is 16.7. The van der Waals surface area contributed by atoms with Crippen LogP contribution in [-0.4, -0.2) is 29.8 Å². The summed E-state index contributed by atoms with van der Waals surface area (Å²) in [5.74, 6) is 0.619. The minimum Gasteiger partial charge on any atom is -0.339 e. The molecule has 1 unspecified atom stereocenters. The van der Waals surface area contributed by atoms with Crippen LogP contribution in [0.15, 0.2) is 48.5 Å². The van der Waals surface area contributed by atoms with Crippen molar-refractivity contribution in [1.29, 1.82) is 0 Å². The number of hydrogen-bond donors (Lipinski definition) is 2. The second-order valence-corrected chi connectivity index (χ2v) is 7.77. The first kappa shape index (κ1) is 20.1. The molecule has 0 saturated carbocycles. The summed E-state index contributed by atoms with van der Waals surface area (Å²) in [4.78, 5) is 27.0. The topological polar surface area (TPSA) is 75.4 Å². The van der Waals surface area contributed by atoms with Crippen LogP contribution >= 0.6 is 0 Å². The molecule has 2 aromatic rings. The van der Waals surface area contributed by atoms with Gasteiger partial charge >= 0.3 is 0 Å². The lowest BCUT2D eigenvalue weighted by Crippen LogP contribution is -2.37. The Hall–Kier alpha value is -2.66. The molecule has 5 heteroatoms. The van der Waals surface area contributed by atoms with Crippen molar-refractivity contribution in [2.45, 2.75) is 39.2 Å². The van der Waals surface area contributed by atoms with Crippen LogP contribution in [0.2, 0.25) is 0 Å². The highest BCUT2D eigenvalue weighted by Crippen LogP contribution is 2.22. The van der Waals surface area contributed by atoms with E-state index >= 15 is 0 Å². The van der Waals surface area contributed by atoms with Gasteiger partial charge in [0.05, 0.1) is 0 Å². The van der Waals surface area contributed by atoms with Crippen LogP contribution in [-0.2, 0) is 4.79 Å². The molecule has 2 amide bonds. The molecule has 0 bridgehead atoms. The fourth-order valence-electron chi connectivity index (χ4n) is 3.55. The van der Waals surface area contributed by atoms with Gasteiger partial charge in [0.1, 0.15) is 0 Å². The number of aryl methyl sites for hydroxylation is 1. The Morgan fingerprint density at radius 3 is 2.46 bits per heavy atom. The Morgan fingerprint density at radius 1 is 1.14 bits per heavy atom. The third kappa shape index (κ3) is 4.98. The minimum atomic E-state index is -0.344. The fourth-order valence-corrected chi connectivity index (χ4v) is 3.55. The molecule has 1 heterocycles. The Bertz CT molecular complexity index is 827. The molecule has 1 aliphatic heterocycles. The molecular weight excluding hydrogens is 350 g/mol. The zero-order valence-electron chi connectivity index (χ0n) is 16.7. The van der Waals surface area contributed by atoms with Crippen molar-refractivity contribution in [1.82, 2.24) is 4.90 Å². The number of nitrogens with zero attached hydrogens (tertiary/aromatic N) is 1. The number of amides is 2. The normalized spacial score (nSPS) is 15.9. The quantitative estimate of drug-likeness (QED) is 0.827. The predicted octanol–water partition coefficient (Wildman–Crippen LogP) is 3.90. The molecule has 1 saturated heterocycles. The zero-order chi connectivity index (χ0) is 20.1. The highest BCUT2D eigenvalue weighted by atomic mass is 16.2. The summed E-state index contributed by atoms with van der Waals surface area (Å²) in [6, 6.07) is 14.7. The number of carbonyl (C=O) groups excluding carboxylic acids is 2. The number of nitrogens with two attached hydrogens (primary N) is 1. The van der Waals surface area contributed by atoms with Crippen LogP contribution in [0.5, 0.6) is 0 Å². The molecule has 1 aliphatic rings. The molecule has 28 heavy (non-hydrogen) atoms. The van der Waals surface area contributed by atoms with Crippen molar-refractivity contribution in [3.63, 3.8) is 0 Å². The molecule has 3 N–H and O–H groups in total. The van der Waals surface area contributed by atoms with Crippen molar-refractivity contribution in [2.75, 3.05) is 18.4 Å². The standard InChI is InChI=1S/C23H29N3O2/c1-16-10-12-26(13-11-16)23(28)19-8-9-21(17(2)14-19)25-22(27)15-20(24)18-6-4-3-5-7-18/h3-9,14,16,20H,10-13,15,24H2,1-2H3,(H,25,27). The van der Waals surface area contributed by atoms with E-state index in [1.807, 2.05) is 48.2 Å². The van der Waals surface area contributed by atoms with Gasteiger partial charge in [0.2, 0.25) is 5.91 Å². The molecule has 3 rings (SSSR count). The Balaban J connectivity index is 1.61. The molecule has 148 valence electrons. The first-order chi connectivity index (χ1) is 13.4. The average molecular weight is 380 g/mol. The van der Waals surface area contributed by atoms with E-state index in [-0.39, 0.29) is 24.3 Å². The molecule has 0 spiro atoms. The monoisotopic (exact) mass is 379 g/mol. The number of piperidine rings is 1. The first-order valence-corrected chi connectivity index (χ1v) is 9.94. The van der Waals surface area contributed by atoms with Gasteiger partial charge in [-0.25, -0.2) is 0 Å². The van der Waals surface area contributed by atoms with Crippen LogP contribution < -0.4 is 11.1 Å². The lowest BCUT2D eigenvalue weighted by molar-refractivity contribution is -0.116. The maximum absolute atomic E-state index is 12.7. The third-order valence-electron chi connectivity index (χ3n) is 5.45. The summed E-state index contributed by atoms with van der Waals surface area (Å²) in [5.41, 5.74) is 9.33. The molecule has 1 atom stereocenters. The van der Waals surface area contributed by atoms with Crippen molar-refractivity contribution < 1.29 is 9.59 Å². The van der Waals surface area contributed by atoms with Crippen molar-refractivity contribution >= 4 is 17.5 Å². The minimum absolute atomic E-state index is 0.0685. The summed E-state index contributed by atoms with van der Waals surface area (Å²) >= 11 is 0. The summed E-state index contributed by atoms with van der Waals surface area (Å²) in [6.07, 6.45) is 2.32. The molecule has 0 radical (unpaired) electrons. The van der Waals surface area contributed by atoms with Crippen LogP contribution in [0.25, 0.3) is 0 Å². The molecular formula is C23H29N3O2. The Kier molecular flexibility index (Phi) is 6.47. The van der Waals surface area contributed by atoms with E-state index in [1.165, 1.54) is 0 Å². The van der Waals surface area contributed by atoms with Crippen LogP contribution in [0, 0.1) is 12.8 Å². The van der Waals surface area contributed by atoms with Gasteiger partial charge < -0.3 is 16.0 Å². The lowest BCUT2D eigenvalue weighted by atomic mass is 9.98. The SMILES string of the molecule is Cc1cc(C(=O)N2CCC(C)CC2)ccc1NC(=O)CC(N)c1ccccc1. The molecule has 5 nitrogen and oxygen atoms in total. The van der Waals surface area contributed by atoms with Gasteiger partial charge in [0.25, 0.3) is 5.91 Å². The summed E-state index contributed by atoms with van der Waals surface area (Å²) in [7, 11) is 0. The van der Waals surface area contributed by atoms with Crippen molar-refractivity contribution in [3.8, 4) is 0 Å². The number of anilines is 1. The van der Waals surface area contributed by atoms with Gasteiger partial charge in [0, 0.05) is 36.8 Å². The molecule has 1 fully saturated rings. The fraction of sp³-hybridized carbons (Fsp3) is 0.391. The molecule has 0 aliphatic carbocycles. The van der Waals surface area contributed by atoms with Gasteiger partial charge in [0.15, 0.2) is 0 Å². The van der Waals surface area contributed by atoms with E-state index in [0.717, 1.165) is 37.1 Å². The van der Waals surface area contributed by atoms with Crippen LogP contribution in [0.1, 0.15) is 53.7 Å². The second-order valence-electron chi connectivity index (χ2n) is 7.77. The number of likely N-dealkylation sites (tertiary alicyclic amines) is 1. The number of hydrogen-bond acceptors (Lipinski definition) is 3. The third-order valence-corrected chi connectivity index (χ3v) is 5.45. The van der Waals surface area contributed by atoms with E-state index in [1.54, 1.807) is 12.1 Å². The van der Waals surface area contributed by atoms with E-state index in [2.05, 4.69) is 12.2 Å². The van der Waals surface area contributed by atoms with Crippen molar-refractivity contribution in [2.24, 2.45) is 11.7 Å². The van der Waals surface area contributed by atoms with E-state index in [9.17, 15) is 9.59 Å². The van der Waals surface area contributed by atoms with Gasteiger partial charge in [-0.15, -0.1) is 0 Å². The van der Waals surface area contributed by atoms with Gasteiger partial charge in [-0.1, -0.05) is 37.3 Å². The highest BCUT2D eigenvalue weighted by molar-refractivity contribution is 5.96.